The molecule has 2 N–H and O–H groups in total. The number of anilines is 2. The molecule has 1 aromatic heterocycles. The van der Waals surface area contributed by atoms with Crippen LogP contribution in [-0.4, -0.2) is 29.1 Å². The summed E-state index contributed by atoms with van der Waals surface area (Å²) in [5, 5.41) is 14.8. The average molecular weight is 396 g/mol. The van der Waals surface area contributed by atoms with Crippen LogP contribution in [0.15, 0.2) is 48.5 Å². The molecule has 0 atom stereocenters. The van der Waals surface area contributed by atoms with Crippen LogP contribution in [0.1, 0.15) is 45.5 Å². The lowest BCUT2D eigenvalue weighted by molar-refractivity contribution is 0.102. The molecule has 2 amide bonds. The molecule has 7 nitrogen and oxygen atoms in total. The Labute approximate surface area is 166 Å². The van der Waals surface area contributed by atoms with Crippen molar-refractivity contribution in [2.75, 3.05) is 17.7 Å². The second-order valence-corrected chi connectivity index (χ2v) is 7.29. The maximum Gasteiger partial charge on any atom is 0.259 e. The second-order valence-electron chi connectivity index (χ2n) is 6.28. The molecule has 0 saturated heterocycles. The van der Waals surface area contributed by atoms with Gasteiger partial charge in [-0.05, 0) is 36.4 Å². The zero-order valence-electron chi connectivity index (χ0n) is 15.7. The summed E-state index contributed by atoms with van der Waals surface area (Å²) in [5.41, 5.74) is 1.21. The third kappa shape index (κ3) is 4.52. The zero-order chi connectivity index (χ0) is 20.1. The number of benzene rings is 2. The van der Waals surface area contributed by atoms with Crippen LogP contribution in [0.25, 0.3) is 0 Å². The minimum Gasteiger partial charge on any atom is -0.497 e. The first-order chi connectivity index (χ1) is 13.5. The molecule has 0 aliphatic carbocycles. The van der Waals surface area contributed by atoms with Crippen molar-refractivity contribution in [1.29, 1.82) is 0 Å². The first-order valence-corrected chi connectivity index (χ1v) is 9.48. The summed E-state index contributed by atoms with van der Waals surface area (Å²) in [7, 11) is 1.56. The van der Waals surface area contributed by atoms with E-state index in [4.69, 9.17) is 4.74 Å². The third-order valence-corrected chi connectivity index (χ3v) is 5.07. The van der Waals surface area contributed by atoms with Gasteiger partial charge in [-0.15, -0.1) is 10.2 Å². The third-order valence-electron chi connectivity index (χ3n) is 3.93. The summed E-state index contributed by atoms with van der Waals surface area (Å²) in [6.07, 6.45) is 0. The number of aromatic nitrogens is 2. The quantitative estimate of drug-likeness (QED) is 0.652. The van der Waals surface area contributed by atoms with E-state index in [2.05, 4.69) is 20.8 Å². The van der Waals surface area contributed by atoms with Crippen LogP contribution in [0, 0.1) is 0 Å². The molecule has 0 bridgehead atoms. The van der Waals surface area contributed by atoms with Crippen molar-refractivity contribution in [2.45, 2.75) is 19.8 Å². The molecule has 1 heterocycles. The molecule has 0 spiro atoms. The highest BCUT2D eigenvalue weighted by Gasteiger charge is 2.16. The van der Waals surface area contributed by atoms with Gasteiger partial charge in [-0.3, -0.25) is 14.9 Å². The minimum absolute atomic E-state index is 0.235. The number of carbonyl (C=O) groups is 2. The monoisotopic (exact) mass is 396 g/mol. The van der Waals surface area contributed by atoms with Gasteiger partial charge in [-0.25, -0.2) is 0 Å². The summed E-state index contributed by atoms with van der Waals surface area (Å²) in [6.45, 7) is 4.02. The van der Waals surface area contributed by atoms with E-state index in [0.29, 0.717) is 27.7 Å². The number of para-hydroxylation sites is 1. The number of rotatable bonds is 6. The van der Waals surface area contributed by atoms with E-state index in [1.807, 2.05) is 13.8 Å². The fourth-order valence-electron chi connectivity index (χ4n) is 2.41. The molecular weight excluding hydrogens is 376 g/mol. The van der Waals surface area contributed by atoms with Gasteiger partial charge in [-0.1, -0.05) is 37.3 Å². The van der Waals surface area contributed by atoms with E-state index in [9.17, 15) is 9.59 Å². The average Bonchev–Trinajstić information content (AvgIpc) is 3.17. The van der Waals surface area contributed by atoms with Crippen molar-refractivity contribution < 1.29 is 14.3 Å². The summed E-state index contributed by atoms with van der Waals surface area (Å²) in [6, 6.07) is 13.5. The normalized spacial score (nSPS) is 10.6. The lowest BCUT2D eigenvalue weighted by Crippen LogP contribution is -2.18. The lowest BCUT2D eigenvalue weighted by Gasteiger charge is -2.10. The fourth-order valence-corrected chi connectivity index (χ4v) is 3.15. The Hall–Kier alpha value is -3.26. The molecule has 0 radical (unpaired) electrons. The van der Waals surface area contributed by atoms with Crippen molar-refractivity contribution >= 4 is 34.0 Å². The van der Waals surface area contributed by atoms with Crippen molar-refractivity contribution in [2.24, 2.45) is 0 Å². The van der Waals surface area contributed by atoms with Crippen LogP contribution in [0.5, 0.6) is 5.75 Å². The Morgan fingerprint density at radius 2 is 1.68 bits per heavy atom. The van der Waals surface area contributed by atoms with Gasteiger partial charge in [0, 0.05) is 11.5 Å². The highest BCUT2D eigenvalue weighted by molar-refractivity contribution is 7.15. The molecule has 3 aromatic rings. The maximum absolute atomic E-state index is 12.7. The van der Waals surface area contributed by atoms with Gasteiger partial charge >= 0.3 is 0 Å². The van der Waals surface area contributed by atoms with Gasteiger partial charge in [-0.2, -0.15) is 0 Å². The smallest absolute Gasteiger partial charge is 0.259 e. The second kappa shape index (κ2) is 8.62. The predicted molar refractivity (Wildman–Crippen MR) is 109 cm³/mol. The van der Waals surface area contributed by atoms with Crippen molar-refractivity contribution in [1.82, 2.24) is 10.2 Å². The predicted octanol–water partition coefficient (Wildman–Crippen LogP) is 4.17. The Morgan fingerprint density at radius 3 is 2.32 bits per heavy atom. The molecule has 0 saturated carbocycles. The van der Waals surface area contributed by atoms with Crippen molar-refractivity contribution in [3.8, 4) is 5.75 Å². The zero-order valence-corrected chi connectivity index (χ0v) is 16.5. The van der Waals surface area contributed by atoms with E-state index in [-0.39, 0.29) is 17.7 Å². The van der Waals surface area contributed by atoms with Gasteiger partial charge < -0.3 is 10.1 Å². The Morgan fingerprint density at radius 1 is 0.964 bits per heavy atom. The lowest BCUT2D eigenvalue weighted by atomic mass is 10.1. The highest BCUT2D eigenvalue weighted by Crippen LogP contribution is 2.24. The van der Waals surface area contributed by atoms with Gasteiger partial charge in [0.1, 0.15) is 10.8 Å². The molecule has 8 heteroatoms. The van der Waals surface area contributed by atoms with Gasteiger partial charge in [0.15, 0.2) is 0 Å². The fraction of sp³-hybridized carbons (Fsp3) is 0.200. The van der Waals surface area contributed by atoms with E-state index >= 15 is 0 Å². The van der Waals surface area contributed by atoms with Crippen LogP contribution in [0.4, 0.5) is 10.8 Å². The van der Waals surface area contributed by atoms with Crippen molar-refractivity contribution in [3.63, 3.8) is 0 Å². The van der Waals surface area contributed by atoms with Gasteiger partial charge in [0.2, 0.25) is 5.13 Å². The first kappa shape index (κ1) is 19.5. The molecule has 28 heavy (non-hydrogen) atoms. The highest BCUT2D eigenvalue weighted by atomic mass is 32.1. The van der Waals surface area contributed by atoms with Gasteiger partial charge in [0.05, 0.1) is 18.4 Å². The van der Waals surface area contributed by atoms with E-state index < -0.39 is 0 Å². The molecule has 0 aliphatic rings. The van der Waals surface area contributed by atoms with E-state index in [0.717, 1.165) is 5.01 Å². The summed E-state index contributed by atoms with van der Waals surface area (Å²) < 4.78 is 5.10. The number of hydrogen-bond donors (Lipinski definition) is 2. The summed E-state index contributed by atoms with van der Waals surface area (Å²) in [4.78, 5) is 25.2. The van der Waals surface area contributed by atoms with Crippen LogP contribution < -0.4 is 15.4 Å². The maximum atomic E-state index is 12.7. The topological polar surface area (TPSA) is 93.2 Å². The Kier molecular flexibility index (Phi) is 6.00. The van der Waals surface area contributed by atoms with Crippen LogP contribution in [0.3, 0.4) is 0 Å². The summed E-state index contributed by atoms with van der Waals surface area (Å²) in [5.74, 6) is 0.214. The number of amides is 2. The Bertz CT molecular complexity index is 983. The number of ether oxygens (including phenoxy) is 1. The number of methoxy groups -OCH3 is 1. The number of nitrogens with zero attached hydrogens (tertiary/aromatic N) is 2. The molecule has 144 valence electrons. The molecule has 3 rings (SSSR count). The van der Waals surface area contributed by atoms with Crippen LogP contribution in [-0.2, 0) is 0 Å². The Balaban J connectivity index is 1.75. The SMILES string of the molecule is COc1ccc(C(=O)Nc2ccccc2C(=O)Nc2nnc(C(C)C)s2)cc1. The molecule has 0 aliphatic heterocycles. The van der Waals surface area contributed by atoms with Crippen molar-refractivity contribution in [3.05, 3.63) is 64.7 Å². The molecular formula is C20H20N4O3S. The number of carbonyl (C=O) groups excluding carboxylic acids is 2. The minimum atomic E-state index is -0.364. The summed E-state index contributed by atoms with van der Waals surface area (Å²) >= 11 is 1.33. The first-order valence-electron chi connectivity index (χ1n) is 8.67. The largest absolute Gasteiger partial charge is 0.497 e. The van der Waals surface area contributed by atoms with E-state index in [1.54, 1.807) is 55.6 Å². The van der Waals surface area contributed by atoms with Crippen LogP contribution >= 0.6 is 11.3 Å². The number of hydrogen-bond acceptors (Lipinski definition) is 6. The molecule has 0 unspecified atom stereocenters. The molecule has 0 fully saturated rings. The van der Waals surface area contributed by atoms with Gasteiger partial charge in [0.25, 0.3) is 11.8 Å². The van der Waals surface area contributed by atoms with E-state index in [1.165, 1.54) is 11.3 Å². The van der Waals surface area contributed by atoms with Crippen LogP contribution in [0.2, 0.25) is 0 Å². The molecule has 2 aromatic carbocycles. The number of nitrogens with one attached hydrogen (secondary N) is 2. The standard InChI is InChI=1S/C20H20N4O3S/c1-12(2)19-23-24-20(28-19)22-18(26)15-6-4-5-7-16(15)21-17(25)13-8-10-14(27-3)11-9-13/h4-12H,1-3H3,(H,21,25)(H,22,24,26).